The summed E-state index contributed by atoms with van der Waals surface area (Å²) in [5.74, 6) is 5.59. The SMILES string of the molecule is C[C@@H](OCc1ccc(C#CCOCCOCCOCCOCCOCCO)cc1)[C@H](CCC(N)=O)NC(=O)OC(C)(C)C. The lowest BCUT2D eigenvalue weighted by Crippen LogP contribution is -2.45. The third-order valence-corrected chi connectivity index (χ3v) is 5.57. The molecule has 0 aliphatic heterocycles. The number of hydrogen-bond donors (Lipinski definition) is 3. The van der Waals surface area contributed by atoms with Crippen molar-refractivity contribution in [2.45, 2.75) is 64.9 Å². The van der Waals surface area contributed by atoms with E-state index in [1.54, 1.807) is 20.8 Å². The molecule has 4 N–H and O–H groups in total. The number of primary amides is 1. The van der Waals surface area contributed by atoms with Crippen LogP contribution in [0.4, 0.5) is 4.79 Å². The Morgan fingerprint density at radius 2 is 1.42 bits per heavy atom. The summed E-state index contributed by atoms with van der Waals surface area (Å²) in [6, 6.07) is 7.21. The van der Waals surface area contributed by atoms with Gasteiger partial charge in [0.05, 0.1) is 84.8 Å². The largest absolute Gasteiger partial charge is 0.444 e. The third kappa shape index (κ3) is 22.4. The van der Waals surface area contributed by atoms with Gasteiger partial charge in [0.2, 0.25) is 5.91 Å². The number of aliphatic hydroxyl groups is 1. The van der Waals surface area contributed by atoms with Crippen LogP contribution in [0, 0.1) is 11.8 Å². The van der Waals surface area contributed by atoms with E-state index < -0.39 is 23.6 Å². The summed E-state index contributed by atoms with van der Waals surface area (Å²) in [5, 5.41) is 11.4. The molecule has 0 aliphatic rings. The van der Waals surface area contributed by atoms with E-state index in [0.29, 0.717) is 79.1 Å². The molecule has 0 aromatic heterocycles. The van der Waals surface area contributed by atoms with E-state index in [0.717, 1.165) is 11.1 Å². The molecule has 2 atom stereocenters. The smallest absolute Gasteiger partial charge is 0.407 e. The highest BCUT2D eigenvalue weighted by Crippen LogP contribution is 2.13. The molecule has 0 unspecified atom stereocenters. The Morgan fingerprint density at radius 3 is 1.93 bits per heavy atom. The first-order valence-electron chi connectivity index (χ1n) is 14.6. The predicted octanol–water partition coefficient (Wildman–Crippen LogP) is 2.18. The Kier molecular flexibility index (Phi) is 21.1. The Balaban J connectivity index is 2.22. The van der Waals surface area contributed by atoms with Crippen molar-refractivity contribution in [2.75, 3.05) is 72.7 Å². The summed E-state index contributed by atoms with van der Waals surface area (Å²) in [4.78, 5) is 23.5. The fraction of sp³-hybridized carbons (Fsp3) is 0.677. The summed E-state index contributed by atoms with van der Waals surface area (Å²) in [6.45, 7) is 11.8. The van der Waals surface area contributed by atoms with Gasteiger partial charge in [-0.05, 0) is 51.8 Å². The number of carbonyl (C=O) groups is 2. The van der Waals surface area contributed by atoms with Crippen LogP contribution in [0.2, 0.25) is 0 Å². The summed E-state index contributed by atoms with van der Waals surface area (Å²) in [7, 11) is 0. The van der Waals surface area contributed by atoms with Gasteiger partial charge in [-0.3, -0.25) is 4.79 Å². The molecule has 0 bridgehead atoms. The molecule has 12 heteroatoms. The molecule has 0 heterocycles. The Hall–Kier alpha value is -2.76. The van der Waals surface area contributed by atoms with Gasteiger partial charge in [0.15, 0.2) is 0 Å². The molecular weight excluding hydrogens is 560 g/mol. The fourth-order valence-electron chi connectivity index (χ4n) is 3.41. The number of rotatable bonds is 23. The van der Waals surface area contributed by atoms with E-state index in [1.807, 2.05) is 31.2 Å². The molecular formula is C31H50N2O10. The molecule has 2 amide bonds. The number of alkyl carbamates (subject to hydrolysis) is 1. The Bertz CT molecular complexity index is 941. The lowest BCUT2D eigenvalue weighted by atomic mass is 10.1. The number of nitrogens with two attached hydrogens (primary N) is 1. The van der Waals surface area contributed by atoms with Crippen LogP contribution in [-0.4, -0.2) is 108 Å². The molecule has 0 radical (unpaired) electrons. The minimum absolute atomic E-state index is 0.0131. The molecule has 12 nitrogen and oxygen atoms in total. The van der Waals surface area contributed by atoms with Crippen molar-refractivity contribution in [2.24, 2.45) is 5.73 Å². The van der Waals surface area contributed by atoms with Crippen LogP contribution in [0.5, 0.6) is 0 Å². The zero-order chi connectivity index (χ0) is 31.8. The average molecular weight is 611 g/mol. The minimum atomic E-state index is -0.639. The summed E-state index contributed by atoms with van der Waals surface area (Å²) < 4.78 is 38.1. The van der Waals surface area contributed by atoms with E-state index >= 15 is 0 Å². The first-order chi connectivity index (χ1) is 20.6. The highest BCUT2D eigenvalue weighted by atomic mass is 16.6. The molecule has 1 aromatic carbocycles. The summed E-state index contributed by atoms with van der Waals surface area (Å²) in [5.41, 5.74) is 6.45. The predicted molar refractivity (Wildman–Crippen MR) is 160 cm³/mol. The van der Waals surface area contributed by atoms with E-state index in [2.05, 4.69) is 17.2 Å². The van der Waals surface area contributed by atoms with Gasteiger partial charge in [-0.25, -0.2) is 4.79 Å². The van der Waals surface area contributed by atoms with Gasteiger partial charge in [-0.1, -0.05) is 24.0 Å². The van der Waals surface area contributed by atoms with Crippen LogP contribution < -0.4 is 11.1 Å². The lowest BCUT2D eigenvalue weighted by Gasteiger charge is -2.27. The van der Waals surface area contributed by atoms with Crippen molar-refractivity contribution in [1.29, 1.82) is 0 Å². The number of nitrogens with one attached hydrogen (secondary N) is 1. The van der Waals surface area contributed by atoms with Crippen molar-refractivity contribution in [3.05, 3.63) is 35.4 Å². The van der Waals surface area contributed by atoms with Gasteiger partial charge in [0.25, 0.3) is 0 Å². The quantitative estimate of drug-likeness (QED) is 0.124. The maximum absolute atomic E-state index is 12.2. The Morgan fingerprint density at radius 1 is 0.884 bits per heavy atom. The maximum Gasteiger partial charge on any atom is 0.407 e. The number of ether oxygens (including phenoxy) is 7. The minimum Gasteiger partial charge on any atom is -0.444 e. The van der Waals surface area contributed by atoms with Crippen molar-refractivity contribution in [3.8, 4) is 11.8 Å². The van der Waals surface area contributed by atoms with Crippen LogP contribution in [0.1, 0.15) is 51.7 Å². The second-order valence-corrected chi connectivity index (χ2v) is 10.5. The van der Waals surface area contributed by atoms with E-state index in [1.165, 1.54) is 0 Å². The molecule has 0 aliphatic carbocycles. The van der Waals surface area contributed by atoms with Gasteiger partial charge >= 0.3 is 6.09 Å². The lowest BCUT2D eigenvalue weighted by molar-refractivity contribution is -0.118. The highest BCUT2D eigenvalue weighted by Gasteiger charge is 2.24. The molecule has 1 rings (SSSR count). The van der Waals surface area contributed by atoms with Crippen molar-refractivity contribution < 1.29 is 47.9 Å². The van der Waals surface area contributed by atoms with Gasteiger partial charge in [-0.15, -0.1) is 0 Å². The van der Waals surface area contributed by atoms with Crippen molar-refractivity contribution in [1.82, 2.24) is 5.32 Å². The molecule has 0 saturated heterocycles. The summed E-state index contributed by atoms with van der Waals surface area (Å²) in [6.07, 6.45) is -0.490. The van der Waals surface area contributed by atoms with E-state index in [-0.39, 0.29) is 19.1 Å². The second-order valence-electron chi connectivity index (χ2n) is 10.5. The second kappa shape index (κ2) is 23.7. The molecule has 43 heavy (non-hydrogen) atoms. The molecule has 0 spiro atoms. The van der Waals surface area contributed by atoms with Gasteiger partial charge < -0.3 is 49.3 Å². The first-order valence-corrected chi connectivity index (χ1v) is 14.6. The van der Waals surface area contributed by atoms with Crippen LogP contribution in [0.15, 0.2) is 24.3 Å². The van der Waals surface area contributed by atoms with Gasteiger partial charge in [0, 0.05) is 12.0 Å². The van der Waals surface area contributed by atoms with Crippen LogP contribution in [-0.2, 0) is 44.6 Å². The van der Waals surface area contributed by atoms with Crippen LogP contribution in [0.3, 0.4) is 0 Å². The highest BCUT2D eigenvalue weighted by molar-refractivity contribution is 5.74. The first kappa shape index (κ1) is 38.3. The Labute approximate surface area is 255 Å². The average Bonchev–Trinajstić information content (AvgIpc) is 2.95. The van der Waals surface area contributed by atoms with E-state index in [9.17, 15) is 9.59 Å². The van der Waals surface area contributed by atoms with Gasteiger partial charge in [0.1, 0.15) is 12.2 Å². The number of amides is 2. The number of benzene rings is 1. The number of hydrogen-bond acceptors (Lipinski definition) is 10. The van der Waals surface area contributed by atoms with Crippen molar-refractivity contribution >= 4 is 12.0 Å². The molecule has 0 saturated carbocycles. The monoisotopic (exact) mass is 610 g/mol. The zero-order valence-corrected chi connectivity index (χ0v) is 26.1. The standard InChI is InChI=1S/C31H50N2O10/c1-25(28(11-12-29(32)35)33-30(36)43-31(2,3)4)42-24-27-9-7-26(8-10-27)6-5-14-37-16-18-39-20-22-41-23-21-40-19-17-38-15-13-34/h7-10,25,28,34H,11-24H2,1-4H3,(H2,32,35)(H,33,36)/t25-,28+/m1/s1. The maximum atomic E-state index is 12.2. The number of aliphatic hydroxyl groups excluding tert-OH is 1. The zero-order valence-electron chi connectivity index (χ0n) is 26.1. The van der Waals surface area contributed by atoms with Gasteiger partial charge in [-0.2, -0.15) is 0 Å². The molecule has 0 fully saturated rings. The third-order valence-electron chi connectivity index (χ3n) is 5.57. The molecule has 1 aromatic rings. The van der Waals surface area contributed by atoms with Crippen LogP contribution >= 0.6 is 0 Å². The summed E-state index contributed by atoms with van der Waals surface area (Å²) >= 11 is 0. The van der Waals surface area contributed by atoms with Crippen molar-refractivity contribution in [3.63, 3.8) is 0 Å². The number of carbonyl (C=O) groups excluding carboxylic acids is 2. The van der Waals surface area contributed by atoms with Crippen LogP contribution in [0.25, 0.3) is 0 Å². The van der Waals surface area contributed by atoms with E-state index in [4.69, 9.17) is 44.0 Å². The normalized spacial score (nSPS) is 12.7. The fourth-order valence-corrected chi connectivity index (χ4v) is 3.41. The topological polar surface area (TPSA) is 157 Å². The molecule has 244 valence electrons.